The smallest absolute Gasteiger partial charge is 0.326 e. The van der Waals surface area contributed by atoms with E-state index in [0.717, 1.165) is 25.9 Å². The van der Waals surface area contributed by atoms with Crippen molar-refractivity contribution in [3.05, 3.63) is 29.8 Å². The van der Waals surface area contributed by atoms with Crippen LogP contribution in [-0.2, 0) is 9.59 Å². The lowest BCUT2D eigenvalue weighted by atomic mass is 10.1. The van der Waals surface area contributed by atoms with Crippen LogP contribution >= 0.6 is 11.8 Å². The monoisotopic (exact) mass is 364 g/mol. The zero-order valence-electron chi connectivity index (χ0n) is 14.4. The number of nitrogens with zero attached hydrogens (tertiary/aromatic N) is 1. The summed E-state index contributed by atoms with van der Waals surface area (Å²) in [6.45, 7) is 3.48. The third-order valence-electron chi connectivity index (χ3n) is 4.12. The molecule has 25 heavy (non-hydrogen) atoms. The van der Waals surface area contributed by atoms with Crippen molar-refractivity contribution in [2.75, 3.05) is 18.8 Å². The van der Waals surface area contributed by atoms with Crippen LogP contribution in [0.2, 0.25) is 0 Å². The Labute approximate surface area is 152 Å². The van der Waals surface area contributed by atoms with Gasteiger partial charge in [-0.3, -0.25) is 9.59 Å². The van der Waals surface area contributed by atoms with Crippen LogP contribution in [0.3, 0.4) is 0 Å². The first-order valence-corrected chi connectivity index (χ1v) is 9.54. The Hall–Kier alpha value is -2.02. The number of benzene rings is 1. The molecule has 0 bridgehead atoms. The number of likely N-dealkylation sites (tertiary alicyclic amines) is 1. The van der Waals surface area contributed by atoms with Gasteiger partial charge in [-0.05, 0) is 31.4 Å². The molecule has 1 aliphatic rings. The summed E-state index contributed by atoms with van der Waals surface area (Å²) in [5.74, 6) is -1.10. The van der Waals surface area contributed by atoms with E-state index in [1.54, 1.807) is 24.3 Å². The van der Waals surface area contributed by atoms with Gasteiger partial charge in [0.15, 0.2) is 0 Å². The molecule has 1 saturated heterocycles. The zero-order chi connectivity index (χ0) is 18.2. The molecule has 2 rings (SSSR count). The second kappa shape index (κ2) is 9.46. The van der Waals surface area contributed by atoms with Gasteiger partial charge in [-0.1, -0.05) is 25.5 Å². The number of nitrogens with one attached hydrogen (secondary N) is 1. The van der Waals surface area contributed by atoms with Crippen molar-refractivity contribution in [3.63, 3.8) is 0 Å². The lowest BCUT2D eigenvalue weighted by Gasteiger charge is -2.17. The number of rotatable bonds is 8. The first-order chi connectivity index (χ1) is 12.0. The number of hydrogen-bond acceptors (Lipinski definition) is 4. The maximum Gasteiger partial charge on any atom is 0.326 e. The molecule has 0 aromatic heterocycles. The Bertz CT molecular complexity index is 629. The summed E-state index contributed by atoms with van der Waals surface area (Å²) >= 11 is 1.32. The van der Waals surface area contributed by atoms with Crippen molar-refractivity contribution >= 4 is 29.5 Å². The molecule has 136 valence electrons. The van der Waals surface area contributed by atoms with E-state index in [-0.39, 0.29) is 11.7 Å². The van der Waals surface area contributed by atoms with Crippen molar-refractivity contribution in [2.24, 2.45) is 0 Å². The number of hydrogen-bond donors (Lipinski definition) is 2. The minimum atomic E-state index is -1.04. The molecule has 1 aromatic carbocycles. The maximum absolute atomic E-state index is 12.5. The average molecular weight is 364 g/mol. The fourth-order valence-electron chi connectivity index (χ4n) is 2.76. The highest BCUT2D eigenvalue weighted by molar-refractivity contribution is 8.00. The van der Waals surface area contributed by atoms with Crippen LogP contribution in [0.25, 0.3) is 0 Å². The largest absolute Gasteiger partial charge is 0.480 e. The summed E-state index contributed by atoms with van der Waals surface area (Å²) in [6.07, 6.45) is 3.13. The zero-order valence-corrected chi connectivity index (χ0v) is 15.2. The lowest BCUT2D eigenvalue weighted by molar-refractivity contribution is -0.139. The molecule has 6 nitrogen and oxygen atoms in total. The standard InChI is InChI=1S/C18H24N2O4S/c1-2-7-14(18(23)24)19-17(22)13-8-3-4-9-15(13)25-12-16(21)20-10-5-6-11-20/h3-4,8-9,14H,2,5-7,10-12H2,1H3,(H,19,22)(H,23,24). The molecular formula is C18H24N2O4S. The average Bonchev–Trinajstić information content (AvgIpc) is 3.14. The Morgan fingerprint density at radius 1 is 1.24 bits per heavy atom. The van der Waals surface area contributed by atoms with Crippen molar-refractivity contribution in [3.8, 4) is 0 Å². The number of carbonyl (C=O) groups is 3. The Balaban J connectivity index is 2.02. The number of carbonyl (C=O) groups excluding carboxylic acids is 2. The fourth-order valence-corrected chi connectivity index (χ4v) is 3.71. The van der Waals surface area contributed by atoms with E-state index in [1.807, 2.05) is 11.8 Å². The van der Waals surface area contributed by atoms with Gasteiger partial charge in [0.05, 0.1) is 11.3 Å². The normalized spacial score (nSPS) is 15.0. The van der Waals surface area contributed by atoms with Crippen LogP contribution in [0.1, 0.15) is 43.0 Å². The molecule has 0 aliphatic carbocycles. The summed E-state index contributed by atoms with van der Waals surface area (Å²) in [6, 6.07) is 6.08. The topological polar surface area (TPSA) is 86.7 Å². The molecule has 1 aromatic rings. The molecule has 0 spiro atoms. The van der Waals surface area contributed by atoms with Crippen LogP contribution in [0.15, 0.2) is 29.2 Å². The maximum atomic E-state index is 12.5. The summed E-state index contributed by atoms with van der Waals surface area (Å²) in [7, 11) is 0. The molecule has 0 saturated carbocycles. The lowest BCUT2D eigenvalue weighted by Crippen LogP contribution is -2.40. The summed E-state index contributed by atoms with van der Waals surface area (Å²) in [5, 5.41) is 11.8. The van der Waals surface area contributed by atoms with Gasteiger partial charge in [0.2, 0.25) is 5.91 Å². The van der Waals surface area contributed by atoms with Gasteiger partial charge in [0.25, 0.3) is 5.91 Å². The number of carboxylic acid groups (broad SMARTS) is 1. The van der Waals surface area contributed by atoms with Gasteiger partial charge in [0, 0.05) is 18.0 Å². The van der Waals surface area contributed by atoms with Crippen LogP contribution in [0.4, 0.5) is 0 Å². The van der Waals surface area contributed by atoms with E-state index < -0.39 is 17.9 Å². The highest BCUT2D eigenvalue weighted by atomic mass is 32.2. The molecule has 0 radical (unpaired) electrons. The van der Waals surface area contributed by atoms with Crippen molar-refractivity contribution in [1.82, 2.24) is 10.2 Å². The van der Waals surface area contributed by atoms with E-state index in [2.05, 4.69) is 5.32 Å². The molecule has 2 amide bonds. The second-order valence-electron chi connectivity index (χ2n) is 6.03. The van der Waals surface area contributed by atoms with E-state index in [0.29, 0.717) is 23.3 Å². The third-order valence-corrected chi connectivity index (χ3v) is 5.18. The van der Waals surface area contributed by atoms with Crippen LogP contribution in [-0.4, -0.2) is 52.7 Å². The molecule has 1 aliphatic heterocycles. The van der Waals surface area contributed by atoms with E-state index >= 15 is 0 Å². The highest BCUT2D eigenvalue weighted by Crippen LogP contribution is 2.24. The van der Waals surface area contributed by atoms with Gasteiger partial charge < -0.3 is 15.3 Å². The van der Waals surface area contributed by atoms with Crippen molar-refractivity contribution in [2.45, 2.75) is 43.5 Å². The molecule has 1 unspecified atom stereocenters. The van der Waals surface area contributed by atoms with Gasteiger partial charge in [-0.2, -0.15) is 0 Å². The third kappa shape index (κ3) is 5.49. The summed E-state index contributed by atoms with van der Waals surface area (Å²) in [4.78, 5) is 38.4. The van der Waals surface area contributed by atoms with Crippen LogP contribution in [0, 0.1) is 0 Å². The Morgan fingerprint density at radius 3 is 2.56 bits per heavy atom. The number of carboxylic acids is 1. The number of aliphatic carboxylic acids is 1. The van der Waals surface area contributed by atoms with Gasteiger partial charge in [-0.15, -0.1) is 11.8 Å². The quantitative estimate of drug-likeness (QED) is 0.692. The Kier molecular flexibility index (Phi) is 7.31. The van der Waals surface area contributed by atoms with E-state index in [9.17, 15) is 19.5 Å². The minimum Gasteiger partial charge on any atom is -0.480 e. The summed E-state index contributed by atoms with van der Waals surface area (Å²) in [5.41, 5.74) is 0.407. The van der Waals surface area contributed by atoms with Gasteiger partial charge >= 0.3 is 5.97 Å². The molecule has 2 N–H and O–H groups in total. The number of amides is 2. The number of thioether (sulfide) groups is 1. The fraction of sp³-hybridized carbons (Fsp3) is 0.500. The van der Waals surface area contributed by atoms with Crippen molar-refractivity contribution in [1.29, 1.82) is 0 Å². The van der Waals surface area contributed by atoms with Crippen LogP contribution in [0.5, 0.6) is 0 Å². The molecular weight excluding hydrogens is 340 g/mol. The van der Waals surface area contributed by atoms with E-state index in [4.69, 9.17) is 0 Å². The molecule has 1 fully saturated rings. The van der Waals surface area contributed by atoms with Gasteiger partial charge in [0.1, 0.15) is 6.04 Å². The van der Waals surface area contributed by atoms with Gasteiger partial charge in [-0.25, -0.2) is 4.79 Å². The molecule has 1 heterocycles. The predicted octanol–water partition coefficient (Wildman–Crippen LogP) is 2.38. The first kappa shape index (κ1) is 19.3. The second-order valence-corrected chi connectivity index (χ2v) is 7.04. The Morgan fingerprint density at radius 2 is 1.92 bits per heavy atom. The van der Waals surface area contributed by atoms with Crippen molar-refractivity contribution < 1.29 is 19.5 Å². The molecule has 1 atom stereocenters. The van der Waals surface area contributed by atoms with E-state index in [1.165, 1.54) is 11.8 Å². The molecule has 7 heteroatoms. The highest BCUT2D eigenvalue weighted by Gasteiger charge is 2.22. The minimum absolute atomic E-state index is 0.0760. The predicted molar refractivity (Wildman–Crippen MR) is 96.8 cm³/mol. The first-order valence-electron chi connectivity index (χ1n) is 8.56. The SMILES string of the molecule is CCCC(NC(=O)c1ccccc1SCC(=O)N1CCCC1)C(=O)O. The van der Waals surface area contributed by atoms with Crippen LogP contribution < -0.4 is 5.32 Å². The summed E-state index contributed by atoms with van der Waals surface area (Å²) < 4.78 is 0.